The third-order valence-electron chi connectivity index (χ3n) is 2.09. The highest BCUT2D eigenvalue weighted by Crippen LogP contribution is 2.17. The predicted molar refractivity (Wildman–Crippen MR) is 71.3 cm³/mol. The molecular weight excluding hydrogens is 234 g/mol. The largest absolute Gasteiger partial charge is 0.372 e. The van der Waals surface area contributed by atoms with Crippen molar-refractivity contribution in [3.8, 4) is 0 Å². The van der Waals surface area contributed by atoms with Crippen molar-refractivity contribution in [1.29, 1.82) is 0 Å². The number of nitrogens with one attached hydrogen (secondary N) is 1. The Morgan fingerprint density at radius 2 is 2.12 bits per heavy atom. The van der Waals surface area contributed by atoms with E-state index in [4.69, 9.17) is 4.74 Å². The number of benzene rings is 1. The molecule has 0 saturated heterocycles. The Balaban J connectivity index is 1.99. The number of carbonyl (C=O) groups excluding carboxylic acids is 1. The second kappa shape index (κ2) is 9.07. The Morgan fingerprint density at radius 3 is 2.82 bits per heavy atom. The van der Waals surface area contributed by atoms with Gasteiger partial charge in [0.05, 0.1) is 0 Å². The quantitative estimate of drug-likeness (QED) is 0.571. The van der Waals surface area contributed by atoms with Crippen LogP contribution in [0.3, 0.4) is 0 Å². The van der Waals surface area contributed by atoms with Crippen molar-refractivity contribution in [1.82, 2.24) is 5.32 Å². The summed E-state index contributed by atoms with van der Waals surface area (Å²) in [5.41, 5.74) is 0. The van der Waals surface area contributed by atoms with Crippen LogP contribution in [0, 0.1) is 0 Å². The van der Waals surface area contributed by atoms with E-state index in [0.29, 0.717) is 13.2 Å². The Hall–Kier alpha value is -1.00. The van der Waals surface area contributed by atoms with E-state index in [1.165, 1.54) is 4.90 Å². The van der Waals surface area contributed by atoms with Crippen molar-refractivity contribution in [3.63, 3.8) is 0 Å². The third-order valence-corrected chi connectivity index (χ3v) is 3.19. The van der Waals surface area contributed by atoms with Crippen LogP contribution in [0.1, 0.15) is 13.3 Å². The highest BCUT2D eigenvalue weighted by atomic mass is 32.2. The van der Waals surface area contributed by atoms with E-state index in [1.54, 1.807) is 0 Å². The number of ether oxygens (including phenoxy) is 1. The van der Waals surface area contributed by atoms with Gasteiger partial charge < -0.3 is 10.1 Å². The molecular formula is C13H19NO2S. The van der Waals surface area contributed by atoms with Crippen LogP contribution in [-0.4, -0.2) is 31.4 Å². The van der Waals surface area contributed by atoms with E-state index in [2.05, 4.69) is 17.4 Å². The Kier molecular flexibility index (Phi) is 7.51. The van der Waals surface area contributed by atoms with Gasteiger partial charge in [-0.3, -0.25) is 4.79 Å². The molecule has 4 heteroatoms. The predicted octanol–water partition coefficient (Wildman–Crippen LogP) is 2.32. The number of hydrogen-bond acceptors (Lipinski definition) is 3. The van der Waals surface area contributed by atoms with Gasteiger partial charge in [0.2, 0.25) is 5.91 Å². The molecule has 0 radical (unpaired) electrons. The summed E-state index contributed by atoms with van der Waals surface area (Å²) in [6, 6.07) is 10.3. The summed E-state index contributed by atoms with van der Waals surface area (Å²) in [7, 11) is 0. The molecule has 1 rings (SSSR count). The summed E-state index contributed by atoms with van der Waals surface area (Å²) in [5, 5.41) is 2.83. The molecule has 1 aromatic rings. The topological polar surface area (TPSA) is 38.3 Å². The lowest BCUT2D eigenvalue weighted by Gasteiger charge is -2.05. The molecule has 0 aliphatic heterocycles. The van der Waals surface area contributed by atoms with E-state index in [-0.39, 0.29) is 12.5 Å². The summed E-state index contributed by atoms with van der Waals surface area (Å²) in [4.78, 5) is 12.5. The van der Waals surface area contributed by atoms with Crippen LogP contribution in [0.5, 0.6) is 0 Å². The van der Waals surface area contributed by atoms with Crippen LogP contribution in [0.4, 0.5) is 0 Å². The molecule has 0 spiro atoms. The zero-order chi connectivity index (χ0) is 12.3. The fourth-order valence-electron chi connectivity index (χ4n) is 1.25. The second-order valence-electron chi connectivity index (χ2n) is 3.50. The molecule has 0 aromatic heterocycles. The van der Waals surface area contributed by atoms with Crippen molar-refractivity contribution in [2.24, 2.45) is 0 Å². The van der Waals surface area contributed by atoms with Crippen LogP contribution in [0.15, 0.2) is 35.2 Å². The van der Waals surface area contributed by atoms with Gasteiger partial charge in [0.1, 0.15) is 6.61 Å². The first-order valence-electron chi connectivity index (χ1n) is 5.85. The lowest BCUT2D eigenvalue weighted by atomic mass is 10.4. The summed E-state index contributed by atoms with van der Waals surface area (Å²) < 4.78 is 5.00. The monoisotopic (exact) mass is 253 g/mol. The number of amides is 1. The van der Waals surface area contributed by atoms with Gasteiger partial charge >= 0.3 is 0 Å². The Labute approximate surface area is 107 Å². The minimum Gasteiger partial charge on any atom is -0.372 e. The van der Waals surface area contributed by atoms with Crippen LogP contribution in [0.25, 0.3) is 0 Å². The zero-order valence-corrected chi connectivity index (χ0v) is 11.0. The molecule has 3 nitrogen and oxygen atoms in total. The van der Waals surface area contributed by atoms with Crippen molar-refractivity contribution in [2.45, 2.75) is 18.2 Å². The second-order valence-corrected chi connectivity index (χ2v) is 4.67. The number of rotatable bonds is 8. The van der Waals surface area contributed by atoms with Crippen molar-refractivity contribution < 1.29 is 9.53 Å². The highest BCUT2D eigenvalue weighted by molar-refractivity contribution is 7.99. The first kappa shape index (κ1) is 14.1. The van der Waals surface area contributed by atoms with Crippen LogP contribution < -0.4 is 5.32 Å². The smallest absolute Gasteiger partial charge is 0.245 e. The lowest BCUT2D eigenvalue weighted by molar-refractivity contribution is -0.125. The molecule has 0 bridgehead atoms. The first-order chi connectivity index (χ1) is 8.33. The van der Waals surface area contributed by atoms with Gasteiger partial charge in [-0.1, -0.05) is 18.2 Å². The molecule has 0 unspecified atom stereocenters. The van der Waals surface area contributed by atoms with Crippen molar-refractivity contribution in [3.05, 3.63) is 30.3 Å². The fourth-order valence-corrected chi connectivity index (χ4v) is 2.13. The van der Waals surface area contributed by atoms with Gasteiger partial charge in [0.15, 0.2) is 0 Å². The SMILES string of the molecule is CCOCC(=O)NCCCSc1ccccc1. The minimum absolute atomic E-state index is 0.0310. The average molecular weight is 253 g/mol. The minimum atomic E-state index is -0.0310. The lowest BCUT2D eigenvalue weighted by Crippen LogP contribution is -2.28. The molecule has 1 amide bonds. The van der Waals surface area contributed by atoms with E-state index in [0.717, 1.165) is 12.2 Å². The Morgan fingerprint density at radius 1 is 1.35 bits per heavy atom. The van der Waals surface area contributed by atoms with Gasteiger partial charge in [-0.2, -0.15) is 0 Å². The van der Waals surface area contributed by atoms with E-state index >= 15 is 0 Å². The maximum Gasteiger partial charge on any atom is 0.245 e. The van der Waals surface area contributed by atoms with E-state index < -0.39 is 0 Å². The Bertz CT molecular complexity index is 316. The van der Waals surface area contributed by atoms with E-state index in [1.807, 2.05) is 36.9 Å². The van der Waals surface area contributed by atoms with Crippen LogP contribution >= 0.6 is 11.8 Å². The van der Waals surface area contributed by atoms with Gasteiger partial charge in [-0.25, -0.2) is 0 Å². The maximum atomic E-state index is 11.2. The molecule has 0 atom stereocenters. The first-order valence-corrected chi connectivity index (χ1v) is 6.83. The summed E-state index contributed by atoms with van der Waals surface area (Å²) >= 11 is 1.81. The maximum absolute atomic E-state index is 11.2. The van der Waals surface area contributed by atoms with Crippen LogP contribution in [-0.2, 0) is 9.53 Å². The van der Waals surface area contributed by atoms with Crippen molar-refractivity contribution in [2.75, 3.05) is 25.5 Å². The van der Waals surface area contributed by atoms with Gasteiger partial charge in [-0.15, -0.1) is 11.8 Å². The normalized spacial score (nSPS) is 10.2. The van der Waals surface area contributed by atoms with Gasteiger partial charge in [0, 0.05) is 18.0 Å². The van der Waals surface area contributed by atoms with Crippen LogP contribution in [0.2, 0.25) is 0 Å². The molecule has 0 aliphatic carbocycles. The number of thioether (sulfide) groups is 1. The van der Waals surface area contributed by atoms with Gasteiger partial charge in [0.25, 0.3) is 0 Å². The number of hydrogen-bond donors (Lipinski definition) is 1. The zero-order valence-electron chi connectivity index (χ0n) is 10.1. The number of carbonyl (C=O) groups is 1. The molecule has 1 aromatic carbocycles. The molecule has 0 fully saturated rings. The van der Waals surface area contributed by atoms with E-state index in [9.17, 15) is 4.79 Å². The highest BCUT2D eigenvalue weighted by Gasteiger charge is 1.99. The van der Waals surface area contributed by atoms with Gasteiger partial charge in [-0.05, 0) is 31.2 Å². The summed E-state index contributed by atoms with van der Waals surface area (Å²) in [5.74, 6) is 0.982. The molecule has 17 heavy (non-hydrogen) atoms. The molecule has 1 N–H and O–H groups in total. The third kappa shape index (κ3) is 7.02. The standard InChI is InChI=1S/C13H19NO2S/c1-2-16-11-13(15)14-9-6-10-17-12-7-4-3-5-8-12/h3-5,7-8H,2,6,9-11H2,1H3,(H,14,15). The molecule has 0 saturated carbocycles. The summed E-state index contributed by atoms with van der Waals surface area (Å²) in [6.07, 6.45) is 0.970. The molecule has 0 aliphatic rings. The molecule has 94 valence electrons. The molecule has 0 heterocycles. The average Bonchev–Trinajstić information content (AvgIpc) is 2.37. The van der Waals surface area contributed by atoms with Crippen molar-refractivity contribution >= 4 is 17.7 Å². The summed E-state index contributed by atoms with van der Waals surface area (Å²) in [6.45, 7) is 3.34. The fraction of sp³-hybridized carbons (Fsp3) is 0.462.